The lowest BCUT2D eigenvalue weighted by atomic mass is 10.2. The number of halogens is 1. The summed E-state index contributed by atoms with van der Waals surface area (Å²) in [4.78, 5) is 11.6. The molecule has 1 aromatic heterocycles. The van der Waals surface area contributed by atoms with Gasteiger partial charge in [0, 0.05) is 4.90 Å². The van der Waals surface area contributed by atoms with E-state index in [9.17, 15) is 4.79 Å². The summed E-state index contributed by atoms with van der Waals surface area (Å²) < 4.78 is 0. The summed E-state index contributed by atoms with van der Waals surface area (Å²) in [5.41, 5.74) is 0.245. The van der Waals surface area contributed by atoms with Crippen LogP contribution in [-0.2, 0) is 0 Å². The second-order valence-corrected chi connectivity index (χ2v) is 4.55. The van der Waals surface area contributed by atoms with E-state index in [-0.39, 0.29) is 5.56 Å². The normalized spacial score (nSPS) is 10.2. The van der Waals surface area contributed by atoms with E-state index in [2.05, 4.69) is 10.2 Å². The minimum atomic E-state index is -0.963. The van der Waals surface area contributed by atoms with Crippen LogP contribution in [0.1, 0.15) is 10.4 Å². The second-order valence-electron chi connectivity index (χ2n) is 3.10. The highest BCUT2D eigenvalue weighted by Gasteiger charge is 2.10. The predicted molar refractivity (Wildman–Crippen MR) is 64.6 cm³/mol. The molecule has 0 fully saturated rings. The molecule has 6 heteroatoms. The van der Waals surface area contributed by atoms with Gasteiger partial charge in [-0.2, -0.15) is 0 Å². The van der Waals surface area contributed by atoms with Crippen molar-refractivity contribution in [3.63, 3.8) is 0 Å². The van der Waals surface area contributed by atoms with Crippen molar-refractivity contribution in [1.82, 2.24) is 10.2 Å². The Kier molecular flexibility index (Phi) is 3.61. The molecule has 0 unspecified atom stereocenters. The van der Waals surface area contributed by atoms with Gasteiger partial charge in [-0.25, -0.2) is 4.79 Å². The van der Waals surface area contributed by atoms with E-state index >= 15 is 0 Å². The number of rotatable bonds is 3. The van der Waals surface area contributed by atoms with Crippen LogP contribution in [0.3, 0.4) is 0 Å². The lowest BCUT2D eigenvalue weighted by Gasteiger charge is -2.03. The molecule has 0 aliphatic rings. The number of aromatic carboxylic acids is 1. The third kappa shape index (κ3) is 2.95. The zero-order chi connectivity index (χ0) is 12.3. The van der Waals surface area contributed by atoms with Crippen molar-refractivity contribution in [2.45, 2.75) is 9.92 Å². The Morgan fingerprint density at radius 1 is 1.18 bits per heavy atom. The van der Waals surface area contributed by atoms with Gasteiger partial charge in [-0.1, -0.05) is 35.5 Å². The average molecular weight is 267 g/mol. The van der Waals surface area contributed by atoms with E-state index in [0.29, 0.717) is 15.1 Å². The van der Waals surface area contributed by atoms with Gasteiger partial charge in [-0.15, -0.1) is 10.2 Å². The molecule has 0 bridgehead atoms. The summed E-state index contributed by atoms with van der Waals surface area (Å²) in [6, 6.07) is 10.0. The third-order valence-corrected chi connectivity index (χ3v) is 3.14. The van der Waals surface area contributed by atoms with Crippen LogP contribution in [0.4, 0.5) is 0 Å². The SMILES string of the molecule is O=C(O)c1ccccc1Sc1ccc(Cl)nn1. The van der Waals surface area contributed by atoms with Gasteiger partial charge in [-0.05, 0) is 24.3 Å². The quantitative estimate of drug-likeness (QED) is 0.925. The van der Waals surface area contributed by atoms with Crippen LogP contribution in [0.5, 0.6) is 0 Å². The molecule has 0 amide bonds. The Labute approximate surface area is 107 Å². The summed E-state index contributed by atoms with van der Waals surface area (Å²) in [5.74, 6) is -0.963. The third-order valence-electron chi connectivity index (χ3n) is 1.94. The highest BCUT2D eigenvalue weighted by Crippen LogP contribution is 2.28. The minimum Gasteiger partial charge on any atom is -0.478 e. The number of nitrogens with zero attached hydrogens (tertiary/aromatic N) is 2. The maximum absolute atomic E-state index is 11.0. The molecular formula is C11H7ClN2O2S. The van der Waals surface area contributed by atoms with Gasteiger partial charge < -0.3 is 5.11 Å². The molecule has 0 saturated heterocycles. The smallest absolute Gasteiger partial charge is 0.336 e. The number of hydrogen-bond acceptors (Lipinski definition) is 4. The van der Waals surface area contributed by atoms with Crippen LogP contribution >= 0.6 is 23.4 Å². The monoisotopic (exact) mass is 266 g/mol. The predicted octanol–water partition coefficient (Wildman–Crippen LogP) is 2.98. The number of hydrogen-bond donors (Lipinski definition) is 1. The molecule has 1 aromatic carbocycles. The van der Waals surface area contributed by atoms with Crippen molar-refractivity contribution in [2.75, 3.05) is 0 Å². The fourth-order valence-corrected chi connectivity index (χ4v) is 2.16. The van der Waals surface area contributed by atoms with Crippen molar-refractivity contribution in [2.24, 2.45) is 0 Å². The molecule has 0 aliphatic carbocycles. The minimum absolute atomic E-state index is 0.245. The Bertz CT molecular complexity index is 545. The molecule has 0 saturated carbocycles. The standard InChI is InChI=1S/C11H7ClN2O2S/c12-9-5-6-10(14-13-9)17-8-4-2-1-3-7(8)11(15)16/h1-6H,(H,15,16). The fourth-order valence-electron chi connectivity index (χ4n) is 1.20. The molecular weight excluding hydrogens is 260 g/mol. The van der Waals surface area contributed by atoms with Gasteiger partial charge in [0.05, 0.1) is 5.56 Å². The Balaban J connectivity index is 2.30. The first-order valence-corrected chi connectivity index (χ1v) is 5.85. The Hall–Kier alpha value is -1.59. The first kappa shape index (κ1) is 11.9. The van der Waals surface area contributed by atoms with Crippen LogP contribution in [0.2, 0.25) is 5.15 Å². The first-order chi connectivity index (χ1) is 8.16. The molecule has 2 aromatic rings. The maximum atomic E-state index is 11.0. The van der Waals surface area contributed by atoms with Crippen molar-refractivity contribution >= 4 is 29.3 Å². The second kappa shape index (κ2) is 5.16. The van der Waals surface area contributed by atoms with Crippen molar-refractivity contribution in [3.05, 3.63) is 47.1 Å². The molecule has 4 nitrogen and oxygen atoms in total. The van der Waals surface area contributed by atoms with Crippen LogP contribution < -0.4 is 0 Å². The van der Waals surface area contributed by atoms with Crippen molar-refractivity contribution < 1.29 is 9.90 Å². The van der Waals surface area contributed by atoms with E-state index in [1.807, 2.05) is 0 Å². The van der Waals surface area contributed by atoms with Crippen LogP contribution in [0.15, 0.2) is 46.3 Å². The van der Waals surface area contributed by atoms with Gasteiger partial charge in [0.2, 0.25) is 0 Å². The summed E-state index contributed by atoms with van der Waals surface area (Å²) in [5, 5.41) is 17.5. The number of carboxylic acids is 1. The average Bonchev–Trinajstić information content (AvgIpc) is 2.32. The molecule has 0 aliphatic heterocycles. The first-order valence-electron chi connectivity index (χ1n) is 4.66. The Morgan fingerprint density at radius 3 is 2.59 bits per heavy atom. The van der Waals surface area contributed by atoms with Gasteiger partial charge in [0.15, 0.2) is 5.15 Å². The van der Waals surface area contributed by atoms with Gasteiger partial charge in [0.1, 0.15) is 5.03 Å². The lowest BCUT2D eigenvalue weighted by Crippen LogP contribution is -1.98. The topological polar surface area (TPSA) is 63.1 Å². The van der Waals surface area contributed by atoms with E-state index in [0.717, 1.165) is 0 Å². The number of carbonyl (C=O) groups is 1. The number of carboxylic acid groups (broad SMARTS) is 1. The molecule has 1 N–H and O–H groups in total. The van der Waals surface area contributed by atoms with Crippen LogP contribution in [0, 0.1) is 0 Å². The number of aromatic nitrogens is 2. The number of benzene rings is 1. The Morgan fingerprint density at radius 2 is 1.94 bits per heavy atom. The zero-order valence-electron chi connectivity index (χ0n) is 8.50. The van der Waals surface area contributed by atoms with E-state index in [1.54, 1.807) is 36.4 Å². The summed E-state index contributed by atoms with van der Waals surface area (Å²) in [6.45, 7) is 0. The summed E-state index contributed by atoms with van der Waals surface area (Å²) >= 11 is 6.86. The summed E-state index contributed by atoms with van der Waals surface area (Å²) in [6.07, 6.45) is 0. The molecule has 17 heavy (non-hydrogen) atoms. The lowest BCUT2D eigenvalue weighted by molar-refractivity contribution is 0.0693. The van der Waals surface area contributed by atoms with E-state index in [4.69, 9.17) is 16.7 Å². The van der Waals surface area contributed by atoms with E-state index in [1.165, 1.54) is 11.8 Å². The molecule has 0 spiro atoms. The molecule has 0 atom stereocenters. The molecule has 2 rings (SSSR count). The maximum Gasteiger partial charge on any atom is 0.336 e. The van der Waals surface area contributed by atoms with E-state index < -0.39 is 5.97 Å². The highest BCUT2D eigenvalue weighted by atomic mass is 35.5. The largest absolute Gasteiger partial charge is 0.478 e. The highest BCUT2D eigenvalue weighted by molar-refractivity contribution is 7.99. The molecule has 1 heterocycles. The molecule has 0 radical (unpaired) electrons. The van der Waals surface area contributed by atoms with Gasteiger partial charge in [-0.3, -0.25) is 0 Å². The van der Waals surface area contributed by atoms with Crippen LogP contribution in [-0.4, -0.2) is 21.3 Å². The van der Waals surface area contributed by atoms with Crippen LogP contribution in [0.25, 0.3) is 0 Å². The molecule has 86 valence electrons. The van der Waals surface area contributed by atoms with Crippen molar-refractivity contribution in [3.8, 4) is 0 Å². The van der Waals surface area contributed by atoms with Gasteiger partial charge >= 0.3 is 5.97 Å². The fraction of sp³-hybridized carbons (Fsp3) is 0. The zero-order valence-corrected chi connectivity index (χ0v) is 10.1. The van der Waals surface area contributed by atoms with Gasteiger partial charge in [0.25, 0.3) is 0 Å². The summed E-state index contributed by atoms with van der Waals surface area (Å²) in [7, 11) is 0. The van der Waals surface area contributed by atoms with Crippen molar-refractivity contribution in [1.29, 1.82) is 0 Å².